The highest BCUT2D eigenvalue weighted by atomic mass is 16.5. The molecule has 3 rings (SSSR count). The molecule has 0 aliphatic carbocycles. The first kappa shape index (κ1) is 20.7. The fraction of sp³-hybridized carbons (Fsp3) is 0.429. The van der Waals surface area contributed by atoms with E-state index in [1.54, 1.807) is 20.3 Å². The van der Waals surface area contributed by atoms with Gasteiger partial charge in [0.15, 0.2) is 11.8 Å². The molecule has 0 radical (unpaired) electrons. The van der Waals surface area contributed by atoms with Crippen molar-refractivity contribution in [2.45, 2.75) is 13.0 Å². The molecule has 3 N–H and O–H groups in total. The van der Waals surface area contributed by atoms with Gasteiger partial charge in [0.2, 0.25) is 0 Å². The van der Waals surface area contributed by atoms with Gasteiger partial charge in [0, 0.05) is 12.2 Å². The maximum atomic E-state index is 12.0. The van der Waals surface area contributed by atoms with Gasteiger partial charge < -0.3 is 29.6 Å². The Bertz CT molecular complexity index is 784. The Morgan fingerprint density at radius 1 is 1.14 bits per heavy atom. The molecule has 8 heteroatoms. The van der Waals surface area contributed by atoms with E-state index in [1.807, 2.05) is 24.3 Å². The van der Waals surface area contributed by atoms with Gasteiger partial charge in [-0.15, -0.1) is 0 Å². The number of amides is 2. The highest BCUT2D eigenvalue weighted by molar-refractivity contribution is 6.35. The van der Waals surface area contributed by atoms with E-state index in [2.05, 4.69) is 27.7 Å². The van der Waals surface area contributed by atoms with Crippen LogP contribution in [0.5, 0.6) is 5.75 Å². The summed E-state index contributed by atoms with van der Waals surface area (Å²) in [5.41, 5.74) is 1.17. The number of carbonyl (C=O) groups excluding carboxylic acids is 2. The van der Waals surface area contributed by atoms with Crippen molar-refractivity contribution >= 4 is 17.5 Å². The van der Waals surface area contributed by atoms with Crippen LogP contribution in [0.2, 0.25) is 0 Å². The molecule has 0 bridgehead atoms. The highest BCUT2D eigenvalue weighted by Crippen LogP contribution is 2.19. The lowest BCUT2D eigenvalue weighted by Gasteiger charge is -2.37. The van der Waals surface area contributed by atoms with Crippen LogP contribution in [0.25, 0.3) is 0 Å². The summed E-state index contributed by atoms with van der Waals surface area (Å²) in [7, 11) is 1.66. The number of rotatable bonds is 7. The van der Waals surface area contributed by atoms with Crippen molar-refractivity contribution in [1.82, 2.24) is 10.6 Å². The van der Waals surface area contributed by atoms with Crippen molar-refractivity contribution in [2.24, 2.45) is 0 Å². The second-order valence-corrected chi connectivity index (χ2v) is 6.98. The minimum Gasteiger partial charge on any atom is -0.497 e. The molecule has 156 valence electrons. The summed E-state index contributed by atoms with van der Waals surface area (Å²) < 4.78 is 10.9. The Balaban J connectivity index is 1.60. The first-order valence-electron chi connectivity index (χ1n) is 9.95. The lowest BCUT2D eigenvalue weighted by Crippen LogP contribution is -3.15. The molecule has 29 heavy (non-hydrogen) atoms. The minimum atomic E-state index is -0.611. The van der Waals surface area contributed by atoms with Crippen LogP contribution in [0.3, 0.4) is 0 Å². The third-order valence-corrected chi connectivity index (χ3v) is 5.23. The van der Waals surface area contributed by atoms with Crippen molar-refractivity contribution in [3.63, 3.8) is 0 Å². The van der Waals surface area contributed by atoms with Crippen molar-refractivity contribution in [1.29, 1.82) is 0 Å². The van der Waals surface area contributed by atoms with Gasteiger partial charge in [-0.25, -0.2) is 0 Å². The van der Waals surface area contributed by atoms with E-state index in [4.69, 9.17) is 9.15 Å². The monoisotopic (exact) mass is 401 g/mol. The predicted molar refractivity (Wildman–Crippen MR) is 109 cm³/mol. The van der Waals surface area contributed by atoms with E-state index < -0.39 is 11.8 Å². The molecule has 1 atom stereocenters. The third-order valence-electron chi connectivity index (χ3n) is 5.23. The van der Waals surface area contributed by atoms with Gasteiger partial charge in [-0.05, 0) is 43.3 Å². The average molecular weight is 401 g/mol. The number of piperazine rings is 1. The smallest absolute Gasteiger partial charge is 0.309 e. The summed E-state index contributed by atoms with van der Waals surface area (Å²) in [5.74, 6) is 0.442. The molecule has 1 aliphatic rings. The summed E-state index contributed by atoms with van der Waals surface area (Å²) >= 11 is 0. The van der Waals surface area contributed by atoms with E-state index in [0.29, 0.717) is 13.1 Å². The average Bonchev–Trinajstić information content (AvgIpc) is 3.29. The molecular weight excluding hydrogens is 372 g/mol. The fourth-order valence-corrected chi connectivity index (χ4v) is 3.65. The predicted octanol–water partition coefficient (Wildman–Crippen LogP) is -0.0133. The molecule has 1 aromatic carbocycles. The summed E-state index contributed by atoms with van der Waals surface area (Å²) in [4.78, 5) is 27.4. The molecule has 1 aromatic heterocycles. The maximum Gasteiger partial charge on any atom is 0.309 e. The Morgan fingerprint density at radius 3 is 2.41 bits per heavy atom. The van der Waals surface area contributed by atoms with Crippen molar-refractivity contribution in [3.8, 4) is 5.75 Å². The number of hydrogen-bond donors (Lipinski definition) is 3. The number of benzene rings is 1. The zero-order valence-electron chi connectivity index (χ0n) is 16.9. The number of likely N-dealkylation sites (N-methyl/N-ethyl adjacent to an activating group) is 1. The molecule has 0 spiro atoms. The van der Waals surface area contributed by atoms with Crippen LogP contribution < -0.4 is 25.2 Å². The number of quaternary nitrogens is 1. The zero-order valence-corrected chi connectivity index (χ0v) is 16.9. The SMILES string of the molecule is CCNC(=O)C(=O)NC[C@@H](c1ccco1)[NH+]1CCN(c2ccc(OC)cc2)CC1. The number of nitrogens with one attached hydrogen (secondary N) is 3. The number of carbonyl (C=O) groups is 2. The van der Waals surface area contributed by atoms with Gasteiger partial charge >= 0.3 is 11.8 Å². The summed E-state index contributed by atoms with van der Waals surface area (Å²) in [5, 5.41) is 5.27. The van der Waals surface area contributed by atoms with Gasteiger partial charge in [0.1, 0.15) is 5.75 Å². The van der Waals surface area contributed by atoms with E-state index in [9.17, 15) is 9.59 Å². The Morgan fingerprint density at radius 2 is 1.83 bits per heavy atom. The fourth-order valence-electron chi connectivity index (χ4n) is 3.65. The molecule has 8 nitrogen and oxygen atoms in total. The number of nitrogens with zero attached hydrogens (tertiary/aromatic N) is 1. The summed E-state index contributed by atoms with van der Waals surface area (Å²) in [6.07, 6.45) is 1.64. The zero-order chi connectivity index (χ0) is 20.6. The third kappa shape index (κ3) is 5.29. The lowest BCUT2D eigenvalue weighted by atomic mass is 10.1. The molecule has 2 aromatic rings. The van der Waals surface area contributed by atoms with Gasteiger partial charge in [0.25, 0.3) is 0 Å². The summed E-state index contributed by atoms with van der Waals surface area (Å²) in [6.45, 7) is 6.13. The summed E-state index contributed by atoms with van der Waals surface area (Å²) in [6, 6.07) is 11.8. The molecule has 0 unspecified atom stereocenters. The molecule has 1 saturated heterocycles. The largest absolute Gasteiger partial charge is 0.497 e. The molecular formula is C21H29N4O4+. The quantitative estimate of drug-likeness (QED) is 0.568. The molecule has 1 aliphatic heterocycles. The lowest BCUT2D eigenvalue weighted by molar-refractivity contribution is -0.932. The van der Waals surface area contributed by atoms with Crippen molar-refractivity contribution < 1.29 is 23.6 Å². The van der Waals surface area contributed by atoms with Gasteiger partial charge in [0.05, 0.1) is 46.1 Å². The highest BCUT2D eigenvalue weighted by Gasteiger charge is 2.31. The number of ether oxygens (including phenoxy) is 1. The van der Waals surface area contributed by atoms with Crippen molar-refractivity contribution in [2.75, 3.05) is 51.3 Å². The Kier molecular flexibility index (Phi) is 7.13. The second-order valence-electron chi connectivity index (χ2n) is 6.98. The van der Waals surface area contributed by atoms with E-state index in [0.717, 1.165) is 37.7 Å². The van der Waals surface area contributed by atoms with E-state index >= 15 is 0 Å². The van der Waals surface area contributed by atoms with Gasteiger partial charge in [-0.1, -0.05) is 0 Å². The Hall–Kier alpha value is -3.00. The molecule has 0 saturated carbocycles. The van der Waals surface area contributed by atoms with Gasteiger partial charge in [-0.3, -0.25) is 9.59 Å². The molecule has 2 heterocycles. The van der Waals surface area contributed by atoms with E-state index in [-0.39, 0.29) is 6.04 Å². The van der Waals surface area contributed by atoms with Crippen LogP contribution in [-0.2, 0) is 9.59 Å². The van der Waals surface area contributed by atoms with Crippen LogP contribution >= 0.6 is 0 Å². The number of furan rings is 1. The first-order chi connectivity index (χ1) is 14.1. The second kappa shape index (κ2) is 9.97. The first-order valence-corrected chi connectivity index (χ1v) is 9.95. The number of hydrogen-bond acceptors (Lipinski definition) is 5. The van der Waals surface area contributed by atoms with E-state index in [1.165, 1.54) is 10.6 Å². The number of methoxy groups -OCH3 is 1. The van der Waals surface area contributed by atoms with Gasteiger partial charge in [-0.2, -0.15) is 0 Å². The van der Waals surface area contributed by atoms with Crippen LogP contribution in [0, 0.1) is 0 Å². The van der Waals surface area contributed by atoms with Crippen LogP contribution in [-0.4, -0.2) is 58.2 Å². The number of anilines is 1. The minimum absolute atomic E-state index is 0.0404. The van der Waals surface area contributed by atoms with Crippen molar-refractivity contribution in [3.05, 3.63) is 48.4 Å². The molecule has 2 amide bonds. The van der Waals surface area contributed by atoms with Crippen LogP contribution in [0.4, 0.5) is 5.69 Å². The van der Waals surface area contributed by atoms with Crippen LogP contribution in [0.1, 0.15) is 18.7 Å². The standard InChI is InChI=1S/C21H28N4O4/c1-3-22-20(26)21(27)23-15-18(19-5-4-14-29-19)25-12-10-24(11-13-25)16-6-8-17(28-2)9-7-16/h4-9,14,18H,3,10-13,15H2,1-2H3,(H,22,26)(H,23,27)/p+1/t18-/m0/s1. The Labute approximate surface area is 170 Å². The topological polar surface area (TPSA) is 88.2 Å². The molecule has 1 fully saturated rings. The maximum absolute atomic E-state index is 12.0. The van der Waals surface area contributed by atoms with Crippen LogP contribution in [0.15, 0.2) is 47.1 Å². The normalized spacial score (nSPS) is 15.6.